The van der Waals surface area contributed by atoms with Gasteiger partial charge in [0.05, 0.1) is 6.26 Å². The Morgan fingerprint density at radius 1 is 1.27 bits per heavy atom. The number of rotatable bonds is 7. The van der Waals surface area contributed by atoms with E-state index in [1.54, 1.807) is 26.8 Å². The molecular weight excluding hydrogens is 288 g/mol. The van der Waals surface area contributed by atoms with E-state index in [0.29, 0.717) is 6.54 Å². The van der Waals surface area contributed by atoms with Gasteiger partial charge in [0.25, 0.3) is 11.8 Å². The van der Waals surface area contributed by atoms with Crippen LogP contribution < -0.4 is 10.6 Å². The first-order valence-corrected chi connectivity index (χ1v) is 7.19. The van der Waals surface area contributed by atoms with Crippen molar-refractivity contribution in [3.05, 3.63) is 24.2 Å². The Kier molecular flexibility index (Phi) is 6.62. The van der Waals surface area contributed by atoms with Crippen LogP contribution in [0.2, 0.25) is 0 Å². The molecule has 2 atom stereocenters. The topological polar surface area (TPSA) is 97.6 Å². The van der Waals surface area contributed by atoms with E-state index in [0.717, 1.165) is 0 Å². The number of carbonyl (C=O) groups is 3. The van der Waals surface area contributed by atoms with E-state index in [2.05, 4.69) is 10.6 Å². The van der Waals surface area contributed by atoms with E-state index >= 15 is 0 Å². The fourth-order valence-electron chi connectivity index (χ4n) is 1.74. The van der Waals surface area contributed by atoms with Gasteiger partial charge in [0.2, 0.25) is 0 Å². The molecule has 0 aliphatic carbocycles. The van der Waals surface area contributed by atoms with Gasteiger partial charge in [-0.05, 0) is 31.9 Å². The highest BCUT2D eigenvalue weighted by molar-refractivity contribution is 5.95. The molecule has 0 saturated carbocycles. The number of carbonyl (C=O) groups excluding carboxylic acids is 3. The summed E-state index contributed by atoms with van der Waals surface area (Å²) in [5, 5.41) is 5.12. The van der Waals surface area contributed by atoms with Crippen LogP contribution in [0.15, 0.2) is 22.8 Å². The molecule has 0 aromatic carbocycles. The number of likely N-dealkylation sites (N-methyl/N-ethyl adjacent to an activating group) is 1. The van der Waals surface area contributed by atoms with Crippen molar-refractivity contribution < 1.29 is 23.5 Å². The molecule has 22 heavy (non-hydrogen) atoms. The van der Waals surface area contributed by atoms with Crippen LogP contribution in [0.4, 0.5) is 0 Å². The first kappa shape index (κ1) is 17.7. The summed E-state index contributed by atoms with van der Waals surface area (Å²) in [4.78, 5) is 35.7. The van der Waals surface area contributed by atoms with Gasteiger partial charge in [0.1, 0.15) is 6.04 Å². The molecule has 2 N–H and O–H groups in total. The third-order valence-corrected chi connectivity index (χ3v) is 2.97. The average molecular weight is 310 g/mol. The highest BCUT2D eigenvalue weighted by Gasteiger charge is 2.29. The van der Waals surface area contributed by atoms with Crippen LogP contribution in [0.25, 0.3) is 0 Å². The summed E-state index contributed by atoms with van der Waals surface area (Å²) >= 11 is 0. The van der Waals surface area contributed by atoms with Crippen molar-refractivity contribution in [1.29, 1.82) is 0 Å². The summed E-state index contributed by atoms with van der Waals surface area (Å²) in [5.41, 5.74) is 0. The maximum absolute atomic E-state index is 12.2. The Balaban J connectivity index is 2.68. The van der Waals surface area contributed by atoms with Gasteiger partial charge in [-0.2, -0.15) is 0 Å². The minimum Gasteiger partial charge on any atom is -0.459 e. The summed E-state index contributed by atoms with van der Waals surface area (Å²) < 4.78 is 10.1. The lowest BCUT2D eigenvalue weighted by molar-refractivity contribution is -0.157. The number of hydrogen-bond donors (Lipinski definition) is 2. The molecule has 0 aliphatic heterocycles. The lowest BCUT2D eigenvalue weighted by Crippen LogP contribution is -2.47. The number of amides is 2. The summed E-state index contributed by atoms with van der Waals surface area (Å²) in [7, 11) is 0. The molecular formula is C15H22N2O5. The van der Waals surface area contributed by atoms with E-state index in [-0.39, 0.29) is 17.6 Å². The van der Waals surface area contributed by atoms with Crippen molar-refractivity contribution in [2.75, 3.05) is 6.54 Å². The predicted molar refractivity (Wildman–Crippen MR) is 79.0 cm³/mol. The normalized spacial score (nSPS) is 13.3. The molecule has 0 fully saturated rings. The first-order chi connectivity index (χ1) is 10.4. The zero-order chi connectivity index (χ0) is 16.7. The summed E-state index contributed by atoms with van der Waals surface area (Å²) in [6, 6.07) is 2.21. The standard InChI is InChI=1S/C15H22N2O5/c1-5-16-13(18)10(4)22-15(20)12(9(2)3)17-14(19)11-7-6-8-21-11/h6-10,12H,5H2,1-4H3,(H,16,18)(H,17,19)/t10-,12+/m1/s1. The molecule has 1 aromatic heterocycles. The molecule has 0 radical (unpaired) electrons. The minimum atomic E-state index is -0.922. The van der Waals surface area contributed by atoms with Crippen LogP contribution in [0, 0.1) is 5.92 Å². The van der Waals surface area contributed by atoms with E-state index < -0.39 is 24.0 Å². The smallest absolute Gasteiger partial charge is 0.329 e. The van der Waals surface area contributed by atoms with Crippen LogP contribution in [0.1, 0.15) is 38.2 Å². The van der Waals surface area contributed by atoms with Crippen molar-refractivity contribution in [2.24, 2.45) is 5.92 Å². The second-order valence-corrected chi connectivity index (χ2v) is 5.15. The molecule has 1 rings (SSSR count). The van der Waals surface area contributed by atoms with E-state index in [1.807, 2.05) is 0 Å². The molecule has 7 nitrogen and oxygen atoms in total. The average Bonchev–Trinajstić information content (AvgIpc) is 2.98. The molecule has 1 aromatic rings. The van der Waals surface area contributed by atoms with Crippen LogP contribution in [-0.2, 0) is 14.3 Å². The van der Waals surface area contributed by atoms with Crippen LogP contribution in [0.3, 0.4) is 0 Å². The Bertz CT molecular complexity index is 510. The second kappa shape index (κ2) is 8.21. The number of hydrogen-bond acceptors (Lipinski definition) is 5. The largest absolute Gasteiger partial charge is 0.459 e. The number of furan rings is 1. The molecule has 2 amide bonds. The maximum Gasteiger partial charge on any atom is 0.329 e. The first-order valence-electron chi connectivity index (χ1n) is 7.19. The van der Waals surface area contributed by atoms with Crippen molar-refractivity contribution in [1.82, 2.24) is 10.6 Å². The maximum atomic E-state index is 12.2. The molecule has 0 saturated heterocycles. The fraction of sp³-hybridized carbons (Fsp3) is 0.533. The summed E-state index contributed by atoms with van der Waals surface area (Å²) in [5.74, 6) is -1.64. The third kappa shape index (κ3) is 4.91. The number of nitrogens with one attached hydrogen (secondary N) is 2. The Morgan fingerprint density at radius 2 is 1.95 bits per heavy atom. The highest BCUT2D eigenvalue weighted by atomic mass is 16.5. The SMILES string of the molecule is CCNC(=O)[C@@H](C)OC(=O)[C@@H](NC(=O)c1ccco1)C(C)C. The molecule has 122 valence electrons. The van der Waals surface area contributed by atoms with Crippen molar-refractivity contribution >= 4 is 17.8 Å². The monoisotopic (exact) mass is 310 g/mol. The zero-order valence-electron chi connectivity index (χ0n) is 13.2. The van der Waals surface area contributed by atoms with Gasteiger partial charge in [0.15, 0.2) is 11.9 Å². The summed E-state index contributed by atoms with van der Waals surface area (Å²) in [6.45, 7) is 7.24. The fourth-order valence-corrected chi connectivity index (χ4v) is 1.74. The molecule has 1 heterocycles. The van der Waals surface area contributed by atoms with E-state index in [4.69, 9.17) is 9.15 Å². The van der Waals surface area contributed by atoms with Gasteiger partial charge in [-0.25, -0.2) is 4.79 Å². The molecule has 0 spiro atoms. The predicted octanol–water partition coefficient (Wildman–Crippen LogP) is 1.10. The second-order valence-electron chi connectivity index (χ2n) is 5.15. The Labute approximate surface area is 129 Å². The van der Waals surface area contributed by atoms with Gasteiger partial charge >= 0.3 is 5.97 Å². The third-order valence-electron chi connectivity index (χ3n) is 2.97. The lowest BCUT2D eigenvalue weighted by atomic mass is 10.0. The lowest BCUT2D eigenvalue weighted by Gasteiger charge is -2.22. The van der Waals surface area contributed by atoms with Crippen LogP contribution in [-0.4, -0.2) is 36.5 Å². The van der Waals surface area contributed by atoms with E-state index in [1.165, 1.54) is 19.3 Å². The summed E-state index contributed by atoms with van der Waals surface area (Å²) in [6.07, 6.45) is 0.448. The Hall–Kier alpha value is -2.31. The van der Waals surface area contributed by atoms with Crippen molar-refractivity contribution in [3.8, 4) is 0 Å². The van der Waals surface area contributed by atoms with Gasteiger partial charge < -0.3 is 19.8 Å². The zero-order valence-corrected chi connectivity index (χ0v) is 13.2. The molecule has 0 unspecified atom stereocenters. The molecule has 0 aliphatic rings. The number of ether oxygens (including phenoxy) is 1. The van der Waals surface area contributed by atoms with Gasteiger partial charge in [-0.15, -0.1) is 0 Å². The highest BCUT2D eigenvalue weighted by Crippen LogP contribution is 2.08. The van der Waals surface area contributed by atoms with Crippen LogP contribution >= 0.6 is 0 Å². The quantitative estimate of drug-likeness (QED) is 0.735. The van der Waals surface area contributed by atoms with Crippen molar-refractivity contribution in [2.45, 2.75) is 39.8 Å². The minimum absolute atomic E-state index is 0.107. The molecule has 0 bridgehead atoms. The number of esters is 1. The molecule has 7 heteroatoms. The van der Waals surface area contributed by atoms with Gasteiger partial charge in [0, 0.05) is 6.54 Å². The Morgan fingerprint density at radius 3 is 2.45 bits per heavy atom. The van der Waals surface area contributed by atoms with Gasteiger partial charge in [-0.1, -0.05) is 13.8 Å². The van der Waals surface area contributed by atoms with Crippen molar-refractivity contribution in [3.63, 3.8) is 0 Å². The van der Waals surface area contributed by atoms with Gasteiger partial charge in [-0.3, -0.25) is 9.59 Å². The van der Waals surface area contributed by atoms with E-state index in [9.17, 15) is 14.4 Å². The van der Waals surface area contributed by atoms with Crippen LogP contribution in [0.5, 0.6) is 0 Å².